The number of ether oxygens (including phenoxy) is 1. The number of amides is 1. The number of carboxylic acids is 1. The number of hydrogen-bond acceptors (Lipinski definition) is 3. The molecule has 1 aromatic rings. The molecular weight excluding hydrogens is 222 g/mol. The second-order valence-corrected chi connectivity index (χ2v) is 3.09. The van der Waals surface area contributed by atoms with Crippen LogP contribution in [0.15, 0.2) is 36.4 Å². The molecule has 0 radical (unpaired) electrons. The molecule has 5 heteroatoms. The van der Waals surface area contributed by atoms with E-state index in [1.165, 1.54) is 0 Å². The molecule has 0 fully saturated rings. The van der Waals surface area contributed by atoms with E-state index in [0.29, 0.717) is 18.0 Å². The van der Waals surface area contributed by atoms with Crippen molar-refractivity contribution in [1.82, 2.24) is 0 Å². The minimum atomic E-state index is -1.17. The number of aliphatic carboxylic acids is 1. The van der Waals surface area contributed by atoms with E-state index in [-0.39, 0.29) is 0 Å². The van der Waals surface area contributed by atoms with Gasteiger partial charge in [0.2, 0.25) is 5.91 Å². The predicted octanol–water partition coefficient (Wildman–Crippen LogP) is 1.66. The maximum absolute atomic E-state index is 11.4. The third-order valence-corrected chi connectivity index (χ3v) is 1.82. The fourth-order valence-corrected chi connectivity index (χ4v) is 1.17. The fourth-order valence-electron chi connectivity index (χ4n) is 1.17. The van der Waals surface area contributed by atoms with Crippen molar-refractivity contribution in [2.45, 2.75) is 6.92 Å². The summed E-state index contributed by atoms with van der Waals surface area (Å²) in [5.74, 6) is -1.13. The van der Waals surface area contributed by atoms with E-state index >= 15 is 0 Å². The molecule has 0 unspecified atom stereocenters. The number of rotatable bonds is 5. The van der Waals surface area contributed by atoms with E-state index in [1.807, 2.05) is 6.92 Å². The van der Waals surface area contributed by atoms with Crippen LogP contribution in [0, 0.1) is 0 Å². The van der Waals surface area contributed by atoms with E-state index in [2.05, 4.69) is 5.32 Å². The number of hydrogen-bond donors (Lipinski definition) is 2. The van der Waals surface area contributed by atoms with Crippen molar-refractivity contribution in [3.63, 3.8) is 0 Å². The zero-order valence-corrected chi connectivity index (χ0v) is 9.34. The van der Waals surface area contributed by atoms with Crippen LogP contribution in [0.5, 0.6) is 5.75 Å². The van der Waals surface area contributed by atoms with Gasteiger partial charge in [0.1, 0.15) is 5.75 Å². The molecule has 0 spiro atoms. The van der Waals surface area contributed by atoms with E-state index in [9.17, 15) is 9.59 Å². The Kier molecular flexibility index (Phi) is 4.75. The van der Waals surface area contributed by atoms with Gasteiger partial charge in [-0.25, -0.2) is 4.79 Å². The number of benzene rings is 1. The van der Waals surface area contributed by atoms with Crippen molar-refractivity contribution in [1.29, 1.82) is 0 Å². The molecule has 0 bridgehead atoms. The number of carboxylic acid groups (broad SMARTS) is 1. The van der Waals surface area contributed by atoms with Crippen LogP contribution in [0.4, 0.5) is 5.69 Å². The lowest BCUT2D eigenvalue weighted by atomic mass is 10.3. The van der Waals surface area contributed by atoms with Gasteiger partial charge in [0.15, 0.2) is 0 Å². The smallest absolute Gasteiger partial charge is 0.328 e. The molecule has 0 saturated heterocycles. The van der Waals surface area contributed by atoms with E-state index < -0.39 is 11.9 Å². The number of carbonyl (C=O) groups is 2. The van der Waals surface area contributed by atoms with Crippen molar-refractivity contribution < 1.29 is 19.4 Å². The van der Waals surface area contributed by atoms with Gasteiger partial charge >= 0.3 is 5.97 Å². The van der Waals surface area contributed by atoms with Crippen LogP contribution in [0.1, 0.15) is 6.92 Å². The molecule has 0 atom stereocenters. The second kappa shape index (κ2) is 6.32. The molecular formula is C12H13NO4. The van der Waals surface area contributed by atoms with E-state index in [0.717, 1.165) is 12.2 Å². The minimum absolute atomic E-state index is 0.484. The molecule has 1 rings (SSSR count). The summed E-state index contributed by atoms with van der Waals surface area (Å²) in [6.07, 6.45) is 1.73. The number of para-hydroxylation sites is 2. The first kappa shape index (κ1) is 12.8. The molecule has 0 aliphatic rings. The van der Waals surface area contributed by atoms with Gasteiger partial charge in [0.05, 0.1) is 12.3 Å². The zero-order valence-electron chi connectivity index (χ0n) is 9.34. The van der Waals surface area contributed by atoms with Crippen LogP contribution in [0.25, 0.3) is 0 Å². The number of nitrogens with one attached hydrogen (secondary N) is 1. The first-order valence-corrected chi connectivity index (χ1v) is 5.07. The number of carbonyl (C=O) groups excluding carboxylic acids is 1. The molecule has 90 valence electrons. The summed E-state index contributed by atoms with van der Waals surface area (Å²) >= 11 is 0. The minimum Gasteiger partial charge on any atom is -0.492 e. The molecule has 0 heterocycles. The lowest BCUT2D eigenvalue weighted by Crippen LogP contribution is -2.10. The highest BCUT2D eigenvalue weighted by Crippen LogP contribution is 2.23. The lowest BCUT2D eigenvalue weighted by Gasteiger charge is -2.09. The normalized spacial score (nSPS) is 10.2. The highest BCUT2D eigenvalue weighted by molar-refractivity contribution is 6.03. The third-order valence-electron chi connectivity index (χ3n) is 1.82. The molecule has 1 amide bonds. The van der Waals surface area contributed by atoms with Crippen molar-refractivity contribution in [3.8, 4) is 5.75 Å². The van der Waals surface area contributed by atoms with Crippen LogP contribution >= 0.6 is 0 Å². The Morgan fingerprint density at radius 2 is 2.06 bits per heavy atom. The third kappa shape index (κ3) is 4.38. The lowest BCUT2D eigenvalue weighted by molar-refractivity contribution is -0.131. The van der Waals surface area contributed by atoms with Crippen molar-refractivity contribution in [3.05, 3.63) is 36.4 Å². The first-order valence-electron chi connectivity index (χ1n) is 5.07. The maximum Gasteiger partial charge on any atom is 0.328 e. The summed E-state index contributed by atoms with van der Waals surface area (Å²) in [7, 11) is 0. The summed E-state index contributed by atoms with van der Waals surface area (Å²) < 4.78 is 5.31. The van der Waals surface area contributed by atoms with Crippen LogP contribution < -0.4 is 10.1 Å². The summed E-state index contributed by atoms with van der Waals surface area (Å²) in [6.45, 7) is 2.32. The molecule has 0 aliphatic carbocycles. The molecule has 5 nitrogen and oxygen atoms in total. The topological polar surface area (TPSA) is 75.6 Å². The first-order chi connectivity index (χ1) is 8.13. The Bertz CT molecular complexity index is 440. The standard InChI is InChI=1S/C12H13NO4/c1-2-17-10-6-4-3-5-9(10)13-11(14)7-8-12(15)16/h3-8H,2H2,1H3,(H,13,14)(H,15,16)/b8-7+. The molecule has 0 aliphatic heterocycles. The molecule has 0 saturated carbocycles. The summed E-state index contributed by atoms with van der Waals surface area (Å²) in [5, 5.41) is 10.9. The predicted molar refractivity (Wildman–Crippen MR) is 63.0 cm³/mol. The van der Waals surface area contributed by atoms with Crippen LogP contribution in [-0.4, -0.2) is 23.6 Å². The monoisotopic (exact) mass is 235 g/mol. The number of anilines is 1. The van der Waals surface area contributed by atoms with Gasteiger partial charge in [0, 0.05) is 12.2 Å². The Morgan fingerprint density at radius 3 is 2.71 bits per heavy atom. The van der Waals surface area contributed by atoms with Gasteiger partial charge in [-0.3, -0.25) is 4.79 Å². The fraction of sp³-hybridized carbons (Fsp3) is 0.167. The van der Waals surface area contributed by atoms with Crippen LogP contribution in [-0.2, 0) is 9.59 Å². The van der Waals surface area contributed by atoms with E-state index in [1.54, 1.807) is 24.3 Å². The second-order valence-electron chi connectivity index (χ2n) is 3.09. The highest BCUT2D eigenvalue weighted by Gasteiger charge is 2.04. The zero-order chi connectivity index (χ0) is 12.7. The Labute approximate surface area is 98.7 Å². The van der Waals surface area contributed by atoms with Gasteiger partial charge in [0.25, 0.3) is 0 Å². The molecule has 2 N–H and O–H groups in total. The SMILES string of the molecule is CCOc1ccccc1NC(=O)/C=C/C(=O)O. The molecule has 17 heavy (non-hydrogen) atoms. The highest BCUT2D eigenvalue weighted by atomic mass is 16.5. The van der Waals surface area contributed by atoms with Crippen LogP contribution in [0.3, 0.4) is 0 Å². The Hall–Kier alpha value is -2.30. The van der Waals surface area contributed by atoms with Crippen molar-refractivity contribution >= 4 is 17.6 Å². The summed E-state index contributed by atoms with van der Waals surface area (Å²) in [6, 6.07) is 6.93. The van der Waals surface area contributed by atoms with Gasteiger partial charge < -0.3 is 15.2 Å². The quantitative estimate of drug-likeness (QED) is 0.761. The summed E-state index contributed by atoms with van der Waals surface area (Å²) in [4.78, 5) is 21.6. The van der Waals surface area contributed by atoms with Gasteiger partial charge in [-0.2, -0.15) is 0 Å². The molecule has 0 aromatic heterocycles. The van der Waals surface area contributed by atoms with Gasteiger partial charge in [-0.15, -0.1) is 0 Å². The van der Waals surface area contributed by atoms with Crippen molar-refractivity contribution in [2.75, 3.05) is 11.9 Å². The van der Waals surface area contributed by atoms with Crippen molar-refractivity contribution in [2.24, 2.45) is 0 Å². The average molecular weight is 235 g/mol. The molecule has 1 aromatic carbocycles. The average Bonchev–Trinajstić information content (AvgIpc) is 2.29. The van der Waals surface area contributed by atoms with E-state index in [4.69, 9.17) is 9.84 Å². The largest absolute Gasteiger partial charge is 0.492 e. The summed E-state index contributed by atoms with van der Waals surface area (Å²) in [5.41, 5.74) is 0.509. The van der Waals surface area contributed by atoms with Gasteiger partial charge in [-0.1, -0.05) is 12.1 Å². The Balaban J connectivity index is 2.74. The van der Waals surface area contributed by atoms with Crippen LogP contribution in [0.2, 0.25) is 0 Å². The Morgan fingerprint density at radius 1 is 1.35 bits per heavy atom. The van der Waals surface area contributed by atoms with Gasteiger partial charge in [-0.05, 0) is 19.1 Å². The maximum atomic E-state index is 11.4.